The molecular weight excluding hydrogens is 256 g/mol. The van der Waals surface area contributed by atoms with Gasteiger partial charge in [0.2, 0.25) is 0 Å². The molecule has 2 heteroatoms. The van der Waals surface area contributed by atoms with Gasteiger partial charge in [-0.2, -0.15) is 0 Å². The van der Waals surface area contributed by atoms with Gasteiger partial charge in [0.15, 0.2) is 0 Å². The Labute approximate surface area is 127 Å². The molecule has 2 aromatic rings. The molecular formula is C19H26N2. The van der Waals surface area contributed by atoms with E-state index in [1.165, 1.54) is 60.7 Å². The maximum atomic E-state index is 3.92. The molecule has 0 saturated heterocycles. The highest BCUT2D eigenvalue weighted by Gasteiger charge is 2.27. The zero-order valence-electron chi connectivity index (χ0n) is 13.2. The van der Waals surface area contributed by atoms with Crippen LogP contribution in [-0.2, 0) is 12.8 Å². The molecule has 21 heavy (non-hydrogen) atoms. The number of H-pyrrole nitrogens is 1. The summed E-state index contributed by atoms with van der Waals surface area (Å²) in [6, 6.07) is 8.22. The summed E-state index contributed by atoms with van der Waals surface area (Å²) in [6.07, 6.45) is 7.83. The Morgan fingerprint density at radius 3 is 2.86 bits per heavy atom. The molecule has 2 aliphatic carbocycles. The molecule has 4 rings (SSSR count). The molecule has 2 nitrogen and oxygen atoms in total. The first-order chi connectivity index (χ1) is 10.2. The summed E-state index contributed by atoms with van der Waals surface area (Å²) in [5.41, 5.74) is 5.74. The van der Waals surface area contributed by atoms with Crippen LogP contribution in [-0.4, -0.2) is 17.1 Å². The Bertz CT molecular complexity index is 655. The highest BCUT2D eigenvalue weighted by Crippen LogP contribution is 2.31. The second-order valence-electron chi connectivity index (χ2n) is 7.35. The van der Waals surface area contributed by atoms with Crippen molar-refractivity contribution in [2.24, 2.45) is 5.92 Å². The van der Waals surface area contributed by atoms with E-state index in [0.717, 1.165) is 12.0 Å². The van der Waals surface area contributed by atoms with Gasteiger partial charge in [-0.25, -0.2) is 0 Å². The van der Waals surface area contributed by atoms with Crippen molar-refractivity contribution in [1.82, 2.24) is 10.3 Å². The quantitative estimate of drug-likeness (QED) is 0.852. The van der Waals surface area contributed by atoms with E-state index in [1.807, 2.05) is 0 Å². The molecule has 0 aliphatic heterocycles. The van der Waals surface area contributed by atoms with Crippen molar-refractivity contribution in [2.45, 2.75) is 64.5 Å². The summed E-state index contributed by atoms with van der Waals surface area (Å²) in [6.45, 7) is 4.58. The van der Waals surface area contributed by atoms with Gasteiger partial charge in [0, 0.05) is 35.1 Å². The largest absolute Gasteiger partial charge is 0.358 e. The molecule has 1 aromatic carbocycles. The number of hydrogen-bond acceptors (Lipinski definition) is 1. The van der Waals surface area contributed by atoms with Gasteiger partial charge in [-0.3, -0.25) is 0 Å². The van der Waals surface area contributed by atoms with Crippen molar-refractivity contribution in [3.05, 3.63) is 35.0 Å². The summed E-state index contributed by atoms with van der Waals surface area (Å²) < 4.78 is 0. The highest BCUT2D eigenvalue weighted by atomic mass is 15.0. The Hall–Kier alpha value is -1.28. The first-order valence-corrected chi connectivity index (χ1v) is 8.55. The minimum atomic E-state index is 0.668. The van der Waals surface area contributed by atoms with Crippen molar-refractivity contribution in [2.75, 3.05) is 0 Å². The van der Waals surface area contributed by atoms with Crippen LogP contribution in [0.5, 0.6) is 0 Å². The van der Waals surface area contributed by atoms with Gasteiger partial charge in [-0.05, 0) is 62.6 Å². The van der Waals surface area contributed by atoms with E-state index in [9.17, 15) is 0 Å². The number of benzene rings is 1. The Kier molecular flexibility index (Phi) is 3.30. The standard InChI is InChI=1S/C19H26N2/c1-12-3-5-14(9-12)20-15-6-7-16-17-10-13(2)4-8-18(17)21-19(16)11-15/h4,8,10,12,14-15,20-21H,3,5-7,9,11H2,1-2H3. The van der Waals surface area contributed by atoms with Crippen LogP contribution in [0.1, 0.15) is 49.4 Å². The fraction of sp³-hybridized carbons (Fsp3) is 0.579. The monoisotopic (exact) mass is 282 g/mol. The van der Waals surface area contributed by atoms with Gasteiger partial charge in [0.1, 0.15) is 0 Å². The maximum absolute atomic E-state index is 3.92. The Balaban J connectivity index is 1.53. The minimum Gasteiger partial charge on any atom is -0.358 e. The lowest BCUT2D eigenvalue weighted by Crippen LogP contribution is -2.40. The van der Waals surface area contributed by atoms with Crippen molar-refractivity contribution in [1.29, 1.82) is 0 Å². The molecule has 3 atom stereocenters. The number of rotatable bonds is 2. The molecule has 0 bridgehead atoms. The number of fused-ring (bicyclic) bond motifs is 3. The van der Waals surface area contributed by atoms with Crippen LogP contribution in [0.25, 0.3) is 10.9 Å². The van der Waals surface area contributed by atoms with E-state index in [0.29, 0.717) is 6.04 Å². The average Bonchev–Trinajstić information content (AvgIpc) is 3.02. The molecule has 2 aliphatic rings. The molecule has 0 radical (unpaired) electrons. The van der Waals surface area contributed by atoms with Crippen LogP contribution in [0, 0.1) is 12.8 Å². The first-order valence-electron chi connectivity index (χ1n) is 8.55. The van der Waals surface area contributed by atoms with Crippen LogP contribution in [0.15, 0.2) is 18.2 Å². The van der Waals surface area contributed by atoms with Gasteiger partial charge < -0.3 is 10.3 Å². The predicted molar refractivity (Wildman–Crippen MR) is 88.8 cm³/mol. The second kappa shape index (κ2) is 5.17. The maximum Gasteiger partial charge on any atom is 0.0459 e. The van der Waals surface area contributed by atoms with Gasteiger partial charge in [0.25, 0.3) is 0 Å². The molecule has 1 heterocycles. The Morgan fingerprint density at radius 1 is 1.14 bits per heavy atom. The van der Waals surface area contributed by atoms with Crippen LogP contribution >= 0.6 is 0 Å². The second-order valence-corrected chi connectivity index (χ2v) is 7.35. The van der Waals surface area contributed by atoms with Crippen LogP contribution < -0.4 is 5.32 Å². The fourth-order valence-electron chi connectivity index (χ4n) is 4.38. The number of aromatic nitrogens is 1. The Morgan fingerprint density at radius 2 is 2.05 bits per heavy atom. The number of aromatic amines is 1. The SMILES string of the molecule is Cc1ccc2[nH]c3c(c2c1)CCC(NC1CCC(C)C1)C3. The molecule has 1 aromatic heterocycles. The van der Waals surface area contributed by atoms with E-state index in [1.54, 1.807) is 5.56 Å². The number of hydrogen-bond donors (Lipinski definition) is 2. The summed E-state index contributed by atoms with van der Waals surface area (Å²) >= 11 is 0. The van der Waals surface area contributed by atoms with Crippen molar-refractivity contribution in [3.63, 3.8) is 0 Å². The van der Waals surface area contributed by atoms with Gasteiger partial charge in [0.05, 0.1) is 0 Å². The third kappa shape index (κ3) is 2.50. The summed E-state index contributed by atoms with van der Waals surface area (Å²) in [5.74, 6) is 0.915. The lowest BCUT2D eigenvalue weighted by Gasteiger charge is -2.27. The van der Waals surface area contributed by atoms with E-state index < -0.39 is 0 Å². The minimum absolute atomic E-state index is 0.668. The smallest absolute Gasteiger partial charge is 0.0459 e. The summed E-state index contributed by atoms with van der Waals surface area (Å²) in [5, 5.41) is 5.38. The lowest BCUT2D eigenvalue weighted by molar-refractivity contribution is 0.388. The molecule has 112 valence electrons. The van der Waals surface area contributed by atoms with E-state index >= 15 is 0 Å². The lowest BCUT2D eigenvalue weighted by atomic mass is 9.91. The number of aryl methyl sites for hydroxylation is 2. The van der Waals surface area contributed by atoms with Crippen LogP contribution in [0.2, 0.25) is 0 Å². The molecule has 3 unspecified atom stereocenters. The first kappa shape index (κ1) is 13.4. The molecule has 0 amide bonds. The third-order valence-electron chi connectivity index (χ3n) is 5.51. The summed E-state index contributed by atoms with van der Waals surface area (Å²) in [4.78, 5) is 3.67. The van der Waals surface area contributed by atoms with Crippen molar-refractivity contribution < 1.29 is 0 Å². The average molecular weight is 282 g/mol. The normalized spacial score (nSPS) is 29.0. The van der Waals surface area contributed by atoms with Crippen molar-refractivity contribution in [3.8, 4) is 0 Å². The van der Waals surface area contributed by atoms with Gasteiger partial charge >= 0.3 is 0 Å². The van der Waals surface area contributed by atoms with Crippen LogP contribution in [0.4, 0.5) is 0 Å². The topological polar surface area (TPSA) is 27.8 Å². The van der Waals surface area contributed by atoms with Gasteiger partial charge in [-0.1, -0.05) is 18.6 Å². The molecule has 1 fully saturated rings. The fourth-order valence-corrected chi connectivity index (χ4v) is 4.38. The van der Waals surface area contributed by atoms with E-state index in [-0.39, 0.29) is 0 Å². The predicted octanol–water partition coefficient (Wildman–Crippen LogP) is 4.11. The van der Waals surface area contributed by atoms with E-state index in [4.69, 9.17) is 0 Å². The zero-order chi connectivity index (χ0) is 14.4. The summed E-state index contributed by atoms with van der Waals surface area (Å²) in [7, 11) is 0. The third-order valence-corrected chi connectivity index (χ3v) is 5.51. The van der Waals surface area contributed by atoms with Crippen molar-refractivity contribution >= 4 is 10.9 Å². The van der Waals surface area contributed by atoms with Gasteiger partial charge in [-0.15, -0.1) is 0 Å². The highest BCUT2D eigenvalue weighted by molar-refractivity contribution is 5.85. The molecule has 1 saturated carbocycles. The number of nitrogens with one attached hydrogen (secondary N) is 2. The van der Waals surface area contributed by atoms with Crippen LogP contribution in [0.3, 0.4) is 0 Å². The molecule has 0 spiro atoms. The zero-order valence-corrected chi connectivity index (χ0v) is 13.2. The van der Waals surface area contributed by atoms with E-state index in [2.05, 4.69) is 42.3 Å². The molecule has 2 N–H and O–H groups in total.